The van der Waals surface area contributed by atoms with Crippen molar-refractivity contribution in [1.82, 2.24) is 0 Å². The molecule has 2 aromatic carbocycles. The third kappa shape index (κ3) is 3.48. The number of halogens is 5. The molecule has 0 fully saturated rings. The molecule has 2 aromatic rings. The van der Waals surface area contributed by atoms with Crippen molar-refractivity contribution in [3.05, 3.63) is 58.4 Å². The second-order valence-corrected chi connectivity index (χ2v) is 4.61. The number of aromatic carboxylic acids is 1. The molecule has 22 heavy (non-hydrogen) atoms. The topological polar surface area (TPSA) is 46.5 Å². The minimum Gasteiger partial charge on any atom is -0.478 e. The highest BCUT2D eigenvalue weighted by atomic mass is 35.5. The molecule has 0 radical (unpaired) electrons. The fraction of sp³-hybridized carbons (Fsp3) is 0.0714. The lowest BCUT2D eigenvalue weighted by atomic mass is 10.2. The van der Waals surface area contributed by atoms with E-state index in [-0.39, 0.29) is 17.4 Å². The van der Waals surface area contributed by atoms with E-state index in [4.69, 9.17) is 21.4 Å². The molecular weight excluding hydrogens is 328 g/mol. The van der Waals surface area contributed by atoms with Crippen LogP contribution in [0.2, 0.25) is 5.02 Å². The van der Waals surface area contributed by atoms with Crippen LogP contribution in [0.25, 0.3) is 0 Å². The first-order valence-corrected chi connectivity index (χ1v) is 6.13. The molecule has 0 spiro atoms. The van der Waals surface area contributed by atoms with Crippen LogP contribution in [0.15, 0.2) is 36.4 Å². The zero-order valence-corrected chi connectivity index (χ0v) is 11.4. The molecular formula is C14H7ClF4O3. The van der Waals surface area contributed by atoms with Crippen LogP contribution in [-0.4, -0.2) is 11.1 Å². The van der Waals surface area contributed by atoms with E-state index >= 15 is 0 Å². The van der Waals surface area contributed by atoms with Gasteiger partial charge in [-0.05, 0) is 30.3 Å². The molecule has 116 valence electrons. The van der Waals surface area contributed by atoms with Crippen LogP contribution in [0.4, 0.5) is 17.6 Å². The number of benzene rings is 2. The lowest BCUT2D eigenvalue weighted by molar-refractivity contribution is -0.137. The Bertz CT molecular complexity index is 705. The third-order valence-corrected chi connectivity index (χ3v) is 2.91. The Morgan fingerprint density at radius 3 is 2.41 bits per heavy atom. The first-order chi connectivity index (χ1) is 10.2. The number of carbonyl (C=O) groups is 1. The summed E-state index contributed by atoms with van der Waals surface area (Å²) in [4.78, 5) is 10.8. The van der Waals surface area contributed by atoms with Gasteiger partial charge in [0.05, 0.1) is 16.1 Å². The molecule has 0 aliphatic heterocycles. The molecule has 0 aliphatic rings. The molecule has 0 bridgehead atoms. The Balaban J connectivity index is 2.38. The lowest BCUT2D eigenvalue weighted by Crippen LogP contribution is -2.06. The molecule has 0 heterocycles. The molecule has 2 rings (SSSR count). The summed E-state index contributed by atoms with van der Waals surface area (Å²) in [6.07, 6.45) is -4.74. The van der Waals surface area contributed by atoms with Crippen LogP contribution >= 0.6 is 11.6 Å². The maximum Gasteiger partial charge on any atom is 0.416 e. The number of carboxylic acids is 1. The van der Waals surface area contributed by atoms with E-state index in [0.29, 0.717) is 6.07 Å². The monoisotopic (exact) mass is 334 g/mol. The summed E-state index contributed by atoms with van der Waals surface area (Å²) in [6.45, 7) is 0. The van der Waals surface area contributed by atoms with Crippen molar-refractivity contribution >= 4 is 17.6 Å². The van der Waals surface area contributed by atoms with Crippen molar-refractivity contribution in [3.8, 4) is 11.5 Å². The van der Waals surface area contributed by atoms with E-state index in [2.05, 4.69) is 0 Å². The average Bonchev–Trinajstić information content (AvgIpc) is 2.42. The van der Waals surface area contributed by atoms with Crippen molar-refractivity contribution in [3.63, 3.8) is 0 Å². The second-order valence-electron chi connectivity index (χ2n) is 4.20. The molecule has 8 heteroatoms. The molecule has 1 N–H and O–H groups in total. The van der Waals surface area contributed by atoms with Gasteiger partial charge in [-0.15, -0.1) is 0 Å². The highest BCUT2D eigenvalue weighted by molar-refractivity contribution is 6.32. The van der Waals surface area contributed by atoms with Crippen LogP contribution in [0.1, 0.15) is 15.9 Å². The molecule has 0 saturated heterocycles. The zero-order chi connectivity index (χ0) is 16.5. The highest BCUT2D eigenvalue weighted by Crippen LogP contribution is 2.38. The third-order valence-electron chi connectivity index (χ3n) is 2.63. The van der Waals surface area contributed by atoms with Gasteiger partial charge in [0.15, 0.2) is 11.6 Å². The Hall–Kier alpha value is -2.28. The number of carboxylic acid groups (broad SMARTS) is 1. The maximum atomic E-state index is 13.8. The summed E-state index contributed by atoms with van der Waals surface area (Å²) in [6, 6.07) is 5.81. The molecule has 0 aromatic heterocycles. The predicted octanol–water partition coefficient (Wildman–Crippen LogP) is 4.99. The van der Waals surface area contributed by atoms with Crippen molar-refractivity contribution in [2.45, 2.75) is 6.18 Å². The molecule has 0 unspecified atom stereocenters. The second kappa shape index (κ2) is 5.84. The smallest absolute Gasteiger partial charge is 0.416 e. The summed E-state index contributed by atoms with van der Waals surface area (Å²) < 4.78 is 56.4. The minimum atomic E-state index is -4.74. The number of alkyl halides is 3. The van der Waals surface area contributed by atoms with Gasteiger partial charge in [0.2, 0.25) is 0 Å². The van der Waals surface area contributed by atoms with Crippen LogP contribution in [-0.2, 0) is 6.18 Å². The Morgan fingerprint density at radius 1 is 1.18 bits per heavy atom. The number of hydrogen-bond donors (Lipinski definition) is 1. The van der Waals surface area contributed by atoms with Crippen LogP contribution in [0, 0.1) is 5.82 Å². The van der Waals surface area contributed by atoms with Crippen molar-refractivity contribution in [2.24, 2.45) is 0 Å². The van der Waals surface area contributed by atoms with Gasteiger partial charge in [0, 0.05) is 0 Å². The van der Waals surface area contributed by atoms with Gasteiger partial charge in [0.25, 0.3) is 0 Å². The van der Waals surface area contributed by atoms with Gasteiger partial charge < -0.3 is 9.84 Å². The quantitative estimate of drug-likeness (QED) is 0.804. The number of rotatable bonds is 3. The Morgan fingerprint density at radius 2 is 1.86 bits per heavy atom. The van der Waals surface area contributed by atoms with Crippen molar-refractivity contribution in [1.29, 1.82) is 0 Å². The summed E-state index contributed by atoms with van der Waals surface area (Å²) in [5, 5.41) is 8.25. The molecule has 0 atom stereocenters. The number of hydrogen-bond acceptors (Lipinski definition) is 2. The van der Waals surface area contributed by atoms with Crippen LogP contribution < -0.4 is 4.74 Å². The molecule has 0 amide bonds. The largest absolute Gasteiger partial charge is 0.478 e. The average molecular weight is 335 g/mol. The predicted molar refractivity (Wildman–Crippen MR) is 69.9 cm³/mol. The van der Waals surface area contributed by atoms with E-state index in [0.717, 1.165) is 6.07 Å². The molecule has 3 nitrogen and oxygen atoms in total. The van der Waals surface area contributed by atoms with E-state index < -0.39 is 34.3 Å². The van der Waals surface area contributed by atoms with Gasteiger partial charge in [-0.1, -0.05) is 17.7 Å². The summed E-state index contributed by atoms with van der Waals surface area (Å²) in [7, 11) is 0. The zero-order valence-electron chi connectivity index (χ0n) is 10.6. The van der Waals surface area contributed by atoms with Crippen LogP contribution in [0.5, 0.6) is 11.5 Å². The normalized spacial score (nSPS) is 11.3. The first-order valence-electron chi connectivity index (χ1n) is 5.76. The SMILES string of the molecule is O=C(O)c1cccc(Oc2c(F)cc(C(F)(F)F)cc2Cl)c1. The number of ether oxygens (including phenoxy) is 1. The maximum absolute atomic E-state index is 13.8. The first kappa shape index (κ1) is 16.1. The van der Waals surface area contributed by atoms with E-state index in [9.17, 15) is 22.4 Å². The van der Waals surface area contributed by atoms with Crippen molar-refractivity contribution < 1.29 is 32.2 Å². The Kier molecular flexibility index (Phi) is 4.27. The standard InChI is InChI=1S/C14H7ClF4O3/c15-10-5-8(14(17,18)19)6-11(16)12(10)22-9-3-1-2-7(4-9)13(20)21/h1-6H,(H,20,21). The highest BCUT2D eigenvalue weighted by Gasteiger charge is 2.32. The van der Waals surface area contributed by atoms with Crippen LogP contribution in [0.3, 0.4) is 0 Å². The fourth-order valence-corrected chi connectivity index (χ4v) is 1.88. The van der Waals surface area contributed by atoms with E-state index in [1.807, 2.05) is 0 Å². The van der Waals surface area contributed by atoms with Crippen molar-refractivity contribution in [2.75, 3.05) is 0 Å². The van der Waals surface area contributed by atoms with E-state index in [1.54, 1.807) is 0 Å². The summed E-state index contributed by atoms with van der Waals surface area (Å²) in [5.74, 6) is -3.22. The van der Waals surface area contributed by atoms with E-state index in [1.165, 1.54) is 18.2 Å². The molecule has 0 saturated carbocycles. The Labute approximate surface area is 126 Å². The molecule has 0 aliphatic carbocycles. The lowest BCUT2D eigenvalue weighted by Gasteiger charge is -2.12. The van der Waals surface area contributed by atoms with Gasteiger partial charge in [-0.3, -0.25) is 0 Å². The van der Waals surface area contributed by atoms with Gasteiger partial charge in [-0.2, -0.15) is 13.2 Å². The van der Waals surface area contributed by atoms with Gasteiger partial charge in [0.1, 0.15) is 5.75 Å². The van der Waals surface area contributed by atoms with Gasteiger partial charge >= 0.3 is 12.1 Å². The summed E-state index contributed by atoms with van der Waals surface area (Å²) in [5.41, 5.74) is -1.37. The minimum absolute atomic E-state index is 0.0690. The van der Waals surface area contributed by atoms with Gasteiger partial charge in [-0.25, -0.2) is 9.18 Å². The summed E-state index contributed by atoms with van der Waals surface area (Å²) >= 11 is 5.61. The fourth-order valence-electron chi connectivity index (χ4n) is 1.63.